The average Bonchev–Trinajstić information content (AvgIpc) is 2.81. The predicted octanol–water partition coefficient (Wildman–Crippen LogP) is 2.89. The molecule has 0 radical (unpaired) electrons. The Hall–Kier alpha value is -1.10. The number of hydrogen-bond acceptors (Lipinski definition) is 4. The monoisotopic (exact) mass is 255 g/mol. The van der Waals surface area contributed by atoms with E-state index in [1.54, 1.807) is 37.0 Å². The molecule has 5 heteroatoms. The molecule has 0 saturated carbocycles. The molecular weight excluding hydrogens is 246 g/mol. The van der Waals surface area contributed by atoms with Crippen molar-refractivity contribution in [2.45, 2.75) is 6.10 Å². The Balaban J connectivity index is 2.42. The molecule has 1 N–H and O–H groups in total. The lowest BCUT2D eigenvalue weighted by Crippen LogP contribution is -2.00. The SMILES string of the molecule is COc1ccc(Cl)cc1C(O)c1cncs1. The zero-order valence-corrected chi connectivity index (χ0v) is 10.1. The molecule has 1 aromatic heterocycles. The summed E-state index contributed by atoms with van der Waals surface area (Å²) in [6.07, 6.45) is 0.886. The minimum Gasteiger partial charge on any atom is -0.496 e. The fraction of sp³-hybridized carbons (Fsp3) is 0.182. The summed E-state index contributed by atoms with van der Waals surface area (Å²) in [6, 6.07) is 5.16. The lowest BCUT2D eigenvalue weighted by Gasteiger charge is -2.13. The van der Waals surface area contributed by atoms with Crippen LogP contribution >= 0.6 is 22.9 Å². The molecule has 0 bridgehead atoms. The third kappa shape index (κ3) is 2.19. The smallest absolute Gasteiger partial charge is 0.125 e. The molecule has 0 aliphatic heterocycles. The van der Waals surface area contributed by atoms with Gasteiger partial charge in [-0.25, -0.2) is 0 Å². The van der Waals surface area contributed by atoms with Gasteiger partial charge in [0.1, 0.15) is 11.9 Å². The first-order valence-electron chi connectivity index (χ1n) is 4.62. The largest absolute Gasteiger partial charge is 0.496 e. The van der Waals surface area contributed by atoms with E-state index >= 15 is 0 Å². The van der Waals surface area contributed by atoms with Gasteiger partial charge >= 0.3 is 0 Å². The van der Waals surface area contributed by atoms with Crippen LogP contribution in [0, 0.1) is 0 Å². The first-order valence-corrected chi connectivity index (χ1v) is 5.88. The third-order valence-electron chi connectivity index (χ3n) is 2.21. The van der Waals surface area contributed by atoms with Crippen LogP contribution in [0.25, 0.3) is 0 Å². The Bertz CT molecular complexity index is 473. The van der Waals surface area contributed by atoms with Crippen LogP contribution in [-0.4, -0.2) is 17.2 Å². The molecule has 0 spiro atoms. The summed E-state index contributed by atoms with van der Waals surface area (Å²) in [5.74, 6) is 0.616. The summed E-state index contributed by atoms with van der Waals surface area (Å²) in [5, 5.41) is 10.7. The van der Waals surface area contributed by atoms with Gasteiger partial charge in [-0.1, -0.05) is 11.6 Å². The van der Waals surface area contributed by atoms with E-state index in [2.05, 4.69) is 4.98 Å². The molecule has 1 atom stereocenters. The number of benzene rings is 1. The predicted molar refractivity (Wildman–Crippen MR) is 64.2 cm³/mol. The van der Waals surface area contributed by atoms with E-state index in [0.717, 1.165) is 4.88 Å². The quantitative estimate of drug-likeness (QED) is 0.917. The van der Waals surface area contributed by atoms with Crippen LogP contribution in [0.4, 0.5) is 0 Å². The highest BCUT2D eigenvalue weighted by Gasteiger charge is 2.17. The molecule has 84 valence electrons. The maximum atomic E-state index is 10.1. The van der Waals surface area contributed by atoms with Crippen LogP contribution in [0.5, 0.6) is 5.75 Å². The number of hydrogen-bond donors (Lipinski definition) is 1. The van der Waals surface area contributed by atoms with Crippen molar-refractivity contribution in [2.24, 2.45) is 0 Å². The van der Waals surface area contributed by atoms with E-state index in [4.69, 9.17) is 16.3 Å². The Labute approximate surface area is 102 Å². The van der Waals surface area contributed by atoms with Gasteiger partial charge < -0.3 is 9.84 Å². The number of nitrogens with zero attached hydrogens (tertiary/aromatic N) is 1. The van der Waals surface area contributed by atoms with Gasteiger partial charge in [0.25, 0.3) is 0 Å². The number of thiazole rings is 1. The van der Waals surface area contributed by atoms with Crippen LogP contribution in [-0.2, 0) is 0 Å². The maximum Gasteiger partial charge on any atom is 0.125 e. The molecule has 0 saturated heterocycles. The number of methoxy groups -OCH3 is 1. The molecule has 1 aromatic carbocycles. The molecule has 2 aromatic rings. The van der Waals surface area contributed by atoms with Gasteiger partial charge in [0.15, 0.2) is 0 Å². The van der Waals surface area contributed by atoms with Crippen LogP contribution < -0.4 is 4.74 Å². The Morgan fingerprint density at radius 3 is 2.94 bits per heavy atom. The van der Waals surface area contributed by atoms with Crippen molar-refractivity contribution in [2.75, 3.05) is 7.11 Å². The van der Waals surface area contributed by atoms with Crippen LogP contribution in [0.2, 0.25) is 5.02 Å². The van der Waals surface area contributed by atoms with Gasteiger partial charge in [0.2, 0.25) is 0 Å². The molecule has 0 aliphatic carbocycles. The summed E-state index contributed by atoms with van der Waals surface area (Å²) in [5.41, 5.74) is 2.33. The van der Waals surface area contributed by atoms with Gasteiger partial charge in [-0.05, 0) is 18.2 Å². The van der Waals surface area contributed by atoms with Gasteiger partial charge in [0, 0.05) is 16.8 Å². The zero-order chi connectivity index (χ0) is 11.5. The van der Waals surface area contributed by atoms with Crippen LogP contribution in [0.1, 0.15) is 16.5 Å². The fourth-order valence-electron chi connectivity index (χ4n) is 1.43. The average molecular weight is 256 g/mol. The highest BCUT2D eigenvalue weighted by Crippen LogP contribution is 2.33. The van der Waals surface area contributed by atoms with E-state index in [9.17, 15) is 5.11 Å². The van der Waals surface area contributed by atoms with Crippen molar-refractivity contribution in [3.63, 3.8) is 0 Å². The third-order valence-corrected chi connectivity index (χ3v) is 3.27. The van der Waals surface area contributed by atoms with Gasteiger partial charge in [0.05, 0.1) is 17.5 Å². The molecule has 1 heterocycles. The normalized spacial score (nSPS) is 12.4. The standard InChI is InChI=1S/C11H10ClNO2S/c1-15-9-3-2-7(12)4-8(9)11(14)10-5-13-6-16-10/h2-6,11,14H,1H3. The number of halogens is 1. The van der Waals surface area contributed by atoms with Gasteiger partial charge in [-0.3, -0.25) is 4.98 Å². The Morgan fingerprint density at radius 1 is 1.50 bits per heavy atom. The number of aromatic nitrogens is 1. The van der Waals surface area contributed by atoms with Crippen LogP contribution in [0.15, 0.2) is 29.9 Å². The molecule has 1 unspecified atom stereocenters. The molecule has 0 fully saturated rings. The fourth-order valence-corrected chi connectivity index (χ4v) is 2.23. The Kier molecular flexibility index (Phi) is 3.43. The summed E-state index contributed by atoms with van der Waals surface area (Å²) < 4.78 is 5.19. The first kappa shape index (κ1) is 11.4. The number of aliphatic hydroxyl groups is 1. The van der Waals surface area contributed by atoms with Crippen molar-refractivity contribution in [3.8, 4) is 5.75 Å². The number of rotatable bonds is 3. The lowest BCUT2D eigenvalue weighted by molar-refractivity contribution is 0.218. The zero-order valence-electron chi connectivity index (χ0n) is 8.55. The van der Waals surface area contributed by atoms with E-state index in [1.165, 1.54) is 11.3 Å². The topological polar surface area (TPSA) is 42.4 Å². The summed E-state index contributed by atoms with van der Waals surface area (Å²) >= 11 is 7.29. The van der Waals surface area contributed by atoms with E-state index < -0.39 is 6.10 Å². The highest BCUT2D eigenvalue weighted by atomic mass is 35.5. The van der Waals surface area contributed by atoms with Crippen molar-refractivity contribution in [3.05, 3.63) is 45.4 Å². The molecule has 0 amide bonds. The number of aliphatic hydroxyl groups excluding tert-OH is 1. The second kappa shape index (κ2) is 4.82. The van der Waals surface area contributed by atoms with Crippen molar-refractivity contribution < 1.29 is 9.84 Å². The van der Waals surface area contributed by atoms with Crippen molar-refractivity contribution >= 4 is 22.9 Å². The minimum absolute atomic E-state index is 0.569. The van der Waals surface area contributed by atoms with Crippen LogP contribution in [0.3, 0.4) is 0 Å². The maximum absolute atomic E-state index is 10.1. The Morgan fingerprint density at radius 2 is 2.31 bits per heavy atom. The lowest BCUT2D eigenvalue weighted by atomic mass is 10.1. The summed E-state index contributed by atoms with van der Waals surface area (Å²) in [6.45, 7) is 0. The molecule has 2 rings (SSSR count). The number of ether oxygens (including phenoxy) is 1. The summed E-state index contributed by atoms with van der Waals surface area (Å²) in [4.78, 5) is 4.70. The van der Waals surface area contributed by atoms with Gasteiger partial charge in [-0.15, -0.1) is 11.3 Å². The minimum atomic E-state index is -0.749. The second-order valence-corrected chi connectivity index (χ2v) is 4.55. The van der Waals surface area contributed by atoms with Crippen molar-refractivity contribution in [1.82, 2.24) is 4.98 Å². The first-order chi connectivity index (χ1) is 7.72. The van der Waals surface area contributed by atoms with E-state index in [1.807, 2.05) is 0 Å². The molecule has 0 aliphatic rings. The molecule has 16 heavy (non-hydrogen) atoms. The van der Waals surface area contributed by atoms with Gasteiger partial charge in [-0.2, -0.15) is 0 Å². The second-order valence-electron chi connectivity index (χ2n) is 3.19. The highest BCUT2D eigenvalue weighted by molar-refractivity contribution is 7.09. The molecule has 3 nitrogen and oxygen atoms in total. The van der Waals surface area contributed by atoms with E-state index in [0.29, 0.717) is 16.3 Å². The van der Waals surface area contributed by atoms with E-state index in [-0.39, 0.29) is 0 Å². The summed E-state index contributed by atoms with van der Waals surface area (Å²) in [7, 11) is 1.56. The molecular formula is C11H10ClNO2S. The van der Waals surface area contributed by atoms with Crippen molar-refractivity contribution in [1.29, 1.82) is 0 Å².